The third kappa shape index (κ3) is 5.56. The summed E-state index contributed by atoms with van der Waals surface area (Å²) in [6, 6.07) is 4.96. The minimum absolute atomic E-state index is 0.120. The van der Waals surface area contributed by atoms with E-state index in [-0.39, 0.29) is 12.3 Å². The van der Waals surface area contributed by atoms with Gasteiger partial charge in [-0.15, -0.1) is 0 Å². The summed E-state index contributed by atoms with van der Waals surface area (Å²) in [5.41, 5.74) is 0. The summed E-state index contributed by atoms with van der Waals surface area (Å²) in [6.45, 7) is 3.43. The Hall–Kier alpha value is -1.46. The highest BCUT2D eigenvalue weighted by molar-refractivity contribution is 6.35. The van der Waals surface area contributed by atoms with Crippen LogP contribution in [0.25, 0.3) is 0 Å². The first-order chi connectivity index (χ1) is 11.5. The molecule has 24 heavy (non-hydrogen) atoms. The lowest BCUT2D eigenvalue weighted by Gasteiger charge is -2.20. The largest absolute Gasteiger partial charge is 0.492 e. The predicted molar refractivity (Wildman–Crippen MR) is 92.6 cm³/mol. The van der Waals surface area contributed by atoms with Crippen LogP contribution < -0.4 is 4.74 Å². The second-order valence-corrected chi connectivity index (χ2v) is 6.53. The fourth-order valence-electron chi connectivity index (χ4n) is 2.49. The molecule has 5 nitrogen and oxygen atoms in total. The molecule has 1 unspecified atom stereocenters. The molecule has 0 saturated carbocycles. The molecule has 1 aliphatic heterocycles. The van der Waals surface area contributed by atoms with E-state index in [1.54, 1.807) is 30.0 Å². The van der Waals surface area contributed by atoms with Crippen LogP contribution >= 0.6 is 23.2 Å². The summed E-state index contributed by atoms with van der Waals surface area (Å²) in [5, 5.41) is 0.961. The Morgan fingerprint density at radius 1 is 1.25 bits per heavy atom. The normalized spacial score (nSPS) is 15.2. The first kappa shape index (κ1) is 18.9. The van der Waals surface area contributed by atoms with Gasteiger partial charge in [0, 0.05) is 24.5 Å². The lowest BCUT2D eigenvalue weighted by Crippen LogP contribution is -2.38. The Bertz CT molecular complexity index is 588. The molecule has 0 spiro atoms. The van der Waals surface area contributed by atoms with Gasteiger partial charge in [0.05, 0.1) is 11.6 Å². The molecule has 0 N–H and O–H groups in total. The van der Waals surface area contributed by atoms with Gasteiger partial charge < -0.3 is 14.4 Å². The standard InChI is InChI=1S/C17H21Cl2NO4/c1-12(17(22)20-8-2-3-9-20)24-16(21)5-4-10-23-15-7-6-13(18)11-14(15)19/h6-7,11-12H,2-5,8-10H2,1H3. The monoisotopic (exact) mass is 373 g/mol. The molecule has 1 aromatic rings. The maximum Gasteiger partial charge on any atom is 0.306 e. The van der Waals surface area contributed by atoms with E-state index < -0.39 is 12.1 Å². The predicted octanol–water partition coefficient (Wildman–Crippen LogP) is 3.71. The molecule has 0 radical (unpaired) electrons. The zero-order valence-electron chi connectivity index (χ0n) is 13.6. The van der Waals surface area contributed by atoms with Gasteiger partial charge in [0.25, 0.3) is 5.91 Å². The van der Waals surface area contributed by atoms with E-state index in [1.807, 2.05) is 0 Å². The molecule has 2 rings (SSSR count). The minimum atomic E-state index is -0.734. The maximum atomic E-state index is 12.1. The second kappa shape index (κ2) is 9.14. The molecule has 1 saturated heterocycles. The molecule has 1 amide bonds. The number of ether oxygens (including phenoxy) is 2. The number of halogens is 2. The number of nitrogens with zero attached hydrogens (tertiary/aromatic N) is 1. The van der Waals surface area contributed by atoms with Crippen molar-refractivity contribution in [3.8, 4) is 5.75 Å². The first-order valence-electron chi connectivity index (χ1n) is 8.03. The van der Waals surface area contributed by atoms with Crippen LogP contribution in [-0.4, -0.2) is 42.6 Å². The van der Waals surface area contributed by atoms with E-state index in [0.29, 0.717) is 28.8 Å². The van der Waals surface area contributed by atoms with Crippen molar-refractivity contribution in [1.82, 2.24) is 4.90 Å². The van der Waals surface area contributed by atoms with Gasteiger partial charge in [0.1, 0.15) is 5.75 Å². The fourth-order valence-corrected chi connectivity index (χ4v) is 2.96. The van der Waals surface area contributed by atoms with Crippen molar-refractivity contribution in [2.24, 2.45) is 0 Å². The number of likely N-dealkylation sites (tertiary alicyclic amines) is 1. The molecule has 0 bridgehead atoms. The third-order valence-corrected chi connectivity index (χ3v) is 4.28. The summed E-state index contributed by atoms with van der Waals surface area (Å²) < 4.78 is 10.7. The summed E-state index contributed by atoms with van der Waals surface area (Å²) in [5.74, 6) is -0.00194. The SMILES string of the molecule is CC(OC(=O)CCCOc1ccc(Cl)cc1Cl)C(=O)N1CCCC1. The molecule has 0 aliphatic carbocycles. The van der Waals surface area contributed by atoms with Gasteiger partial charge in [-0.1, -0.05) is 23.2 Å². The number of benzene rings is 1. The fraction of sp³-hybridized carbons (Fsp3) is 0.529. The molecule has 1 fully saturated rings. The van der Waals surface area contributed by atoms with Gasteiger partial charge in [-0.3, -0.25) is 9.59 Å². The Morgan fingerprint density at radius 3 is 2.62 bits per heavy atom. The zero-order chi connectivity index (χ0) is 17.5. The molecule has 1 atom stereocenters. The third-order valence-electron chi connectivity index (χ3n) is 3.75. The molecule has 0 aromatic heterocycles. The van der Waals surface area contributed by atoms with Crippen LogP contribution in [0.4, 0.5) is 0 Å². The van der Waals surface area contributed by atoms with Crippen molar-refractivity contribution >= 4 is 35.1 Å². The van der Waals surface area contributed by atoms with Gasteiger partial charge in [-0.05, 0) is 44.4 Å². The summed E-state index contributed by atoms with van der Waals surface area (Å²) >= 11 is 11.8. The number of amides is 1. The molecule has 7 heteroatoms. The Morgan fingerprint density at radius 2 is 1.96 bits per heavy atom. The van der Waals surface area contributed by atoms with E-state index in [0.717, 1.165) is 25.9 Å². The quantitative estimate of drug-likeness (QED) is 0.539. The van der Waals surface area contributed by atoms with Gasteiger partial charge in [0.2, 0.25) is 0 Å². The van der Waals surface area contributed by atoms with Gasteiger partial charge in [0.15, 0.2) is 6.10 Å². The molecule has 132 valence electrons. The minimum Gasteiger partial charge on any atom is -0.492 e. The number of carbonyl (C=O) groups excluding carboxylic acids is 2. The lowest BCUT2D eigenvalue weighted by atomic mass is 10.3. The average Bonchev–Trinajstić information content (AvgIpc) is 3.06. The van der Waals surface area contributed by atoms with Crippen molar-refractivity contribution in [2.75, 3.05) is 19.7 Å². The zero-order valence-corrected chi connectivity index (χ0v) is 15.1. The number of carbonyl (C=O) groups is 2. The summed E-state index contributed by atoms with van der Waals surface area (Å²) in [6.07, 6.45) is 1.95. The molecular weight excluding hydrogens is 353 g/mol. The molecule has 1 aromatic carbocycles. The molecule has 1 aliphatic rings. The summed E-state index contributed by atoms with van der Waals surface area (Å²) in [4.78, 5) is 25.6. The Balaban J connectivity index is 1.66. The van der Waals surface area contributed by atoms with Crippen molar-refractivity contribution in [2.45, 2.75) is 38.7 Å². The van der Waals surface area contributed by atoms with Crippen LogP contribution in [0.15, 0.2) is 18.2 Å². The molecular formula is C17H21Cl2NO4. The van der Waals surface area contributed by atoms with Gasteiger partial charge >= 0.3 is 5.97 Å². The van der Waals surface area contributed by atoms with Crippen LogP contribution in [0, 0.1) is 0 Å². The highest BCUT2D eigenvalue weighted by atomic mass is 35.5. The highest BCUT2D eigenvalue weighted by Gasteiger charge is 2.25. The van der Waals surface area contributed by atoms with E-state index in [9.17, 15) is 9.59 Å². The maximum absolute atomic E-state index is 12.1. The smallest absolute Gasteiger partial charge is 0.306 e. The van der Waals surface area contributed by atoms with Crippen LogP contribution in [0.1, 0.15) is 32.6 Å². The Labute approximate surface area is 151 Å². The van der Waals surface area contributed by atoms with Gasteiger partial charge in [-0.25, -0.2) is 0 Å². The van der Waals surface area contributed by atoms with Crippen molar-refractivity contribution in [3.05, 3.63) is 28.2 Å². The van der Waals surface area contributed by atoms with Crippen molar-refractivity contribution < 1.29 is 19.1 Å². The van der Waals surface area contributed by atoms with Crippen LogP contribution in [0.2, 0.25) is 10.0 Å². The highest BCUT2D eigenvalue weighted by Crippen LogP contribution is 2.27. The number of esters is 1. The number of hydrogen-bond acceptors (Lipinski definition) is 4. The topological polar surface area (TPSA) is 55.8 Å². The number of hydrogen-bond donors (Lipinski definition) is 0. The number of rotatable bonds is 7. The van der Waals surface area contributed by atoms with E-state index in [1.165, 1.54) is 0 Å². The summed E-state index contributed by atoms with van der Waals surface area (Å²) in [7, 11) is 0. The van der Waals surface area contributed by atoms with E-state index in [4.69, 9.17) is 32.7 Å². The van der Waals surface area contributed by atoms with E-state index >= 15 is 0 Å². The van der Waals surface area contributed by atoms with Gasteiger partial charge in [-0.2, -0.15) is 0 Å². The van der Waals surface area contributed by atoms with Crippen LogP contribution in [0.3, 0.4) is 0 Å². The molecule has 1 heterocycles. The van der Waals surface area contributed by atoms with Crippen molar-refractivity contribution in [3.63, 3.8) is 0 Å². The average molecular weight is 374 g/mol. The van der Waals surface area contributed by atoms with Crippen LogP contribution in [0.5, 0.6) is 5.75 Å². The van der Waals surface area contributed by atoms with Crippen LogP contribution in [-0.2, 0) is 14.3 Å². The Kier molecular flexibility index (Phi) is 7.18. The first-order valence-corrected chi connectivity index (χ1v) is 8.79. The second-order valence-electron chi connectivity index (χ2n) is 5.69. The van der Waals surface area contributed by atoms with E-state index in [2.05, 4.69) is 0 Å². The van der Waals surface area contributed by atoms with Crippen molar-refractivity contribution in [1.29, 1.82) is 0 Å². The lowest BCUT2D eigenvalue weighted by molar-refractivity contribution is -0.158.